The third-order valence-electron chi connectivity index (χ3n) is 2.79. The van der Waals surface area contributed by atoms with Gasteiger partial charge < -0.3 is 9.64 Å². The van der Waals surface area contributed by atoms with Crippen LogP contribution in [0, 0.1) is 0 Å². The molecule has 0 radical (unpaired) electrons. The summed E-state index contributed by atoms with van der Waals surface area (Å²) >= 11 is 0.952. The molecule has 1 aromatic carbocycles. The molecule has 0 bridgehead atoms. The summed E-state index contributed by atoms with van der Waals surface area (Å²) in [4.78, 5) is 3.16. The summed E-state index contributed by atoms with van der Waals surface area (Å²) < 4.78 is 9.39. The highest BCUT2D eigenvalue weighted by atomic mass is 32.2. The smallest absolute Gasteiger partial charge is 0.0762 e. The van der Waals surface area contributed by atoms with Crippen molar-refractivity contribution in [3.63, 3.8) is 0 Å². The van der Waals surface area contributed by atoms with E-state index in [1.54, 1.807) is 7.11 Å². The van der Waals surface area contributed by atoms with E-state index >= 15 is 0 Å². The van der Waals surface area contributed by atoms with Crippen LogP contribution in [0.3, 0.4) is 0 Å². The molecule has 1 atom stereocenters. The lowest BCUT2D eigenvalue weighted by atomic mass is 10.3. The third kappa shape index (κ3) is 2.68. The summed E-state index contributed by atoms with van der Waals surface area (Å²) in [5, 5.41) is 8.39. The Morgan fingerprint density at radius 3 is 3.06 bits per heavy atom. The first-order valence-electron chi connectivity index (χ1n) is 5.19. The van der Waals surface area contributed by atoms with Crippen LogP contribution in [0.4, 0.5) is 5.69 Å². The van der Waals surface area contributed by atoms with Crippen LogP contribution in [0.1, 0.15) is 6.42 Å². The fraction of sp³-hybridized carbons (Fsp3) is 0.455. The van der Waals surface area contributed by atoms with Crippen molar-refractivity contribution in [3.05, 3.63) is 24.3 Å². The summed E-state index contributed by atoms with van der Waals surface area (Å²) in [6.07, 6.45) is 1.38. The first-order chi connectivity index (χ1) is 7.83. The van der Waals surface area contributed by atoms with Crippen molar-refractivity contribution >= 4 is 17.7 Å². The number of methoxy groups -OCH3 is 1. The molecule has 0 aliphatic carbocycles. The molecule has 1 aliphatic heterocycles. The van der Waals surface area contributed by atoms with Gasteiger partial charge in [0, 0.05) is 30.8 Å². The Morgan fingerprint density at radius 2 is 2.38 bits per heavy atom. The van der Waals surface area contributed by atoms with Gasteiger partial charge in [0.25, 0.3) is 0 Å². The highest BCUT2D eigenvalue weighted by Gasteiger charge is 2.22. The molecule has 0 spiro atoms. The number of nitrogens with zero attached hydrogens (tertiary/aromatic N) is 1. The minimum Gasteiger partial charge on any atom is -0.380 e. The molecule has 1 aromatic rings. The molecule has 16 heavy (non-hydrogen) atoms. The average Bonchev–Trinajstić information content (AvgIpc) is 2.78. The van der Waals surface area contributed by atoms with Crippen molar-refractivity contribution in [2.45, 2.75) is 17.4 Å². The minimum atomic E-state index is 0.324. The minimum absolute atomic E-state index is 0.324. The first-order valence-corrected chi connectivity index (χ1v) is 5.93. The normalized spacial score (nSPS) is 20.4. The molecule has 1 N–H and O–H groups in total. The summed E-state index contributed by atoms with van der Waals surface area (Å²) in [6.45, 7) is 1.93. The predicted octanol–water partition coefficient (Wildman–Crippen LogP) is 2.41. The molecule has 88 valence electrons. The third-order valence-corrected chi connectivity index (χ3v) is 3.32. The fourth-order valence-electron chi connectivity index (χ4n) is 1.93. The maximum absolute atomic E-state index is 8.39. The van der Waals surface area contributed by atoms with Crippen molar-refractivity contribution in [1.29, 1.82) is 0 Å². The van der Waals surface area contributed by atoms with Gasteiger partial charge in [-0.25, -0.2) is 5.26 Å². The van der Waals surface area contributed by atoms with Gasteiger partial charge in [-0.1, -0.05) is 6.07 Å². The Hall–Kier alpha value is -0.750. The van der Waals surface area contributed by atoms with Crippen LogP contribution in [0.15, 0.2) is 29.2 Å². The predicted molar refractivity (Wildman–Crippen MR) is 63.6 cm³/mol. The van der Waals surface area contributed by atoms with Gasteiger partial charge in [-0.15, -0.1) is 0 Å². The Bertz CT molecular complexity index is 348. The second-order valence-corrected chi connectivity index (χ2v) is 4.53. The number of anilines is 1. The number of ether oxygens (including phenoxy) is 1. The highest BCUT2D eigenvalue weighted by molar-refractivity contribution is 7.94. The lowest BCUT2D eigenvalue weighted by molar-refractivity contribution is -0.116. The maximum Gasteiger partial charge on any atom is 0.0762 e. The van der Waals surface area contributed by atoms with E-state index in [0.29, 0.717) is 6.10 Å². The van der Waals surface area contributed by atoms with Crippen molar-refractivity contribution in [1.82, 2.24) is 0 Å². The van der Waals surface area contributed by atoms with Crippen LogP contribution < -0.4 is 4.90 Å². The Balaban J connectivity index is 2.06. The molecule has 0 amide bonds. The number of hydrogen-bond acceptors (Lipinski definition) is 5. The largest absolute Gasteiger partial charge is 0.380 e. The van der Waals surface area contributed by atoms with Gasteiger partial charge in [-0.2, -0.15) is 4.33 Å². The zero-order valence-electron chi connectivity index (χ0n) is 9.13. The van der Waals surface area contributed by atoms with E-state index in [1.165, 1.54) is 0 Å². The highest BCUT2D eigenvalue weighted by Crippen LogP contribution is 2.26. The fourth-order valence-corrected chi connectivity index (χ4v) is 2.32. The van der Waals surface area contributed by atoms with Gasteiger partial charge in [-0.05, 0) is 24.6 Å². The molecule has 4 nitrogen and oxygen atoms in total. The van der Waals surface area contributed by atoms with Gasteiger partial charge in [0.1, 0.15) is 0 Å². The molecule has 1 saturated heterocycles. The van der Waals surface area contributed by atoms with E-state index in [0.717, 1.165) is 42.1 Å². The van der Waals surface area contributed by atoms with Crippen molar-refractivity contribution in [3.8, 4) is 0 Å². The Kier molecular flexibility index (Phi) is 4.06. The van der Waals surface area contributed by atoms with Crippen LogP contribution in [-0.2, 0) is 9.07 Å². The van der Waals surface area contributed by atoms with Gasteiger partial charge in [0.05, 0.1) is 18.1 Å². The lowest BCUT2D eigenvalue weighted by Gasteiger charge is -2.18. The summed E-state index contributed by atoms with van der Waals surface area (Å²) in [5.74, 6) is 0. The molecule has 0 saturated carbocycles. The molecular weight excluding hydrogens is 226 g/mol. The average molecular weight is 241 g/mol. The maximum atomic E-state index is 8.39. The molecule has 1 heterocycles. The molecule has 0 aromatic heterocycles. The molecule has 5 heteroatoms. The van der Waals surface area contributed by atoms with Crippen molar-refractivity contribution < 1.29 is 14.3 Å². The molecule has 2 rings (SSSR count). The SMILES string of the molecule is COC1CCN(c2cccc(SOO)c2)C1. The van der Waals surface area contributed by atoms with Crippen molar-refractivity contribution in [2.24, 2.45) is 0 Å². The second-order valence-electron chi connectivity index (χ2n) is 3.75. The van der Waals surface area contributed by atoms with E-state index in [1.807, 2.05) is 18.2 Å². The monoisotopic (exact) mass is 241 g/mol. The molecule has 1 unspecified atom stereocenters. The van der Waals surface area contributed by atoms with Gasteiger partial charge in [0.15, 0.2) is 0 Å². The standard InChI is InChI=1S/C11H15NO3S/c1-14-10-5-6-12(8-10)9-3-2-4-11(7-9)16-15-13/h2-4,7,10,13H,5-6,8H2,1H3. The van der Waals surface area contributed by atoms with E-state index in [-0.39, 0.29) is 0 Å². The summed E-state index contributed by atoms with van der Waals surface area (Å²) in [7, 11) is 1.75. The van der Waals surface area contributed by atoms with E-state index in [4.69, 9.17) is 9.99 Å². The Morgan fingerprint density at radius 1 is 1.50 bits per heavy atom. The van der Waals surface area contributed by atoms with Crippen molar-refractivity contribution in [2.75, 3.05) is 25.1 Å². The van der Waals surface area contributed by atoms with E-state index in [9.17, 15) is 0 Å². The molecule has 1 aliphatic rings. The molecular formula is C11H15NO3S. The zero-order valence-corrected chi connectivity index (χ0v) is 9.94. The van der Waals surface area contributed by atoms with Crippen LogP contribution in [0.5, 0.6) is 0 Å². The summed E-state index contributed by atoms with van der Waals surface area (Å²) in [6, 6.07) is 7.91. The quantitative estimate of drug-likeness (QED) is 0.498. The number of benzene rings is 1. The Labute approximate surface area is 99.3 Å². The summed E-state index contributed by atoms with van der Waals surface area (Å²) in [5.41, 5.74) is 1.14. The molecule has 1 fully saturated rings. The topological polar surface area (TPSA) is 41.9 Å². The zero-order chi connectivity index (χ0) is 11.4. The lowest BCUT2D eigenvalue weighted by Crippen LogP contribution is -2.21. The first kappa shape index (κ1) is 11.7. The van der Waals surface area contributed by atoms with Crippen LogP contribution in [-0.4, -0.2) is 31.6 Å². The van der Waals surface area contributed by atoms with Crippen LogP contribution in [0.2, 0.25) is 0 Å². The second kappa shape index (κ2) is 5.54. The van der Waals surface area contributed by atoms with E-state index in [2.05, 4.69) is 15.3 Å². The van der Waals surface area contributed by atoms with Gasteiger partial charge >= 0.3 is 0 Å². The van der Waals surface area contributed by atoms with E-state index < -0.39 is 0 Å². The number of rotatable bonds is 4. The van der Waals surface area contributed by atoms with Gasteiger partial charge in [-0.3, -0.25) is 0 Å². The van der Waals surface area contributed by atoms with Gasteiger partial charge in [0.2, 0.25) is 0 Å². The number of hydrogen-bond donors (Lipinski definition) is 1. The van der Waals surface area contributed by atoms with Crippen LogP contribution >= 0.6 is 12.0 Å². The van der Waals surface area contributed by atoms with Crippen LogP contribution in [0.25, 0.3) is 0 Å².